The van der Waals surface area contributed by atoms with Gasteiger partial charge >= 0.3 is 5.97 Å². The van der Waals surface area contributed by atoms with Crippen molar-refractivity contribution in [2.75, 3.05) is 19.8 Å². The van der Waals surface area contributed by atoms with Gasteiger partial charge in [-0.3, -0.25) is 4.79 Å². The molecule has 1 rings (SSSR count). The average molecular weight is 243 g/mol. The number of nitrogens with two attached hydrogens (primary N) is 1. The van der Waals surface area contributed by atoms with Crippen LogP contribution in [0.5, 0.6) is 0 Å². The van der Waals surface area contributed by atoms with E-state index in [1.165, 1.54) is 0 Å². The standard InChI is InChI=1S/C13H25NO3/c1-13(2,3)11(14)8-12(15)17-9-10-4-6-16-7-5-10/h10-11H,4-9,14H2,1-3H3. The van der Waals surface area contributed by atoms with Crippen molar-refractivity contribution in [1.82, 2.24) is 0 Å². The Kier molecular flexibility index (Phi) is 5.40. The van der Waals surface area contributed by atoms with Crippen LogP contribution in [0.4, 0.5) is 0 Å². The van der Waals surface area contributed by atoms with Gasteiger partial charge < -0.3 is 15.2 Å². The number of carbonyl (C=O) groups excluding carboxylic acids is 1. The van der Waals surface area contributed by atoms with Gasteiger partial charge in [0, 0.05) is 19.3 Å². The van der Waals surface area contributed by atoms with Crippen molar-refractivity contribution in [3.05, 3.63) is 0 Å². The highest BCUT2D eigenvalue weighted by Gasteiger charge is 2.24. The fourth-order valence-electron chi connectivity index (χ4n) is 1.67. The highest BCUT2D eigenvalue weighted by molar-refractivity contribution is 5.70. The summed E-state index contributed by atoms with van der Waals surface area (Å²) in [7, 11) is 0. The molecule has 1 heterocycles. The van der Waals surface area contributed by atoms with E-state index in [2.05, 4.69) is 0 Å². The molecular weight excluding hydrogens is 218 g/mol. The molecule has 2 N–H and O–H groups in total. The molecule has 0 aliphatic carbocycles. The fraction of sp³-hybridized carbons (Fsp3) is 0.923. The largest absolute Gasteiger partial charge is 0.465 e. The first-order valence-corrected chi connectivity index (χ1v) is 6.38. The van der Waals surface area contributed by atoms with Gasteiger partial charge in [-0.15, -0.1) is 0 Å². The van der Waals surface area contributed by atoms with E-state index in [4.69, 9.17) is 15.2 Å². The van der Waals surface area contributed by atoms with Crippen LogP contribution in [-0.2, 0) is 14.3 Å². The van der Waals surface area contributed by atoms with Crippen molar-refractivity contribution in [3.8, 4) is 0 Å². The topological polar surface area (TPSA) is 61.6 Å². The van der Waals surface area contributed by atoms with E-state index >= 15 is 0 Å². The van der Waals surface area contributed by atoms with E-state index in [1.54, 1.807) is 0 Å². The van der Waals surface area contributed by atoms with Crippen LogP contribution in [0, 0.1) is 11.3 Å². The first-order chi connectivity index (χ1) is 7.89. The Balaban J connectivity index is 2.20. The Morgan fingerprint density at radius 1 is 1.41 bits per heavy atom. The summed E-state index contributed by atoms with van der Waals surface area (Å²) in [4.78, 5) is 11.6. The van der Waals surface area contributed by atoms with Crippen molar-refractivity contribution in [1.29, 1.82) is 0 Å². The smallest absolute Gasteiger partial charge is 0.307 e. The lowest BCUT2D eigenvalue weighted by atomic mass is 9.85. The van der Waals surface area contributed by atoms with Crippen LogP contribution in [0.15, 0.2) is 0 Å². The molecule has 0 saturated carbocycles. The number of rotatable bonds is 4. The van der Waals surface area contributed by atoms with E-state index < -0.39 is 0 Å². The molecule has 1 aliphatic rings. The van der Waals surface area contributed by atoms with Crippen molar-refractivity contribution < 1.29 is 14.3 Å². The normalized spacial score (nSPS) is 20.0. The van der Waals surface area contributed by atoms with E-state index in [0.717, 1.165) is 26.1 Å². The number of esters is 1. The number of carbonyl (C=O) groups is 1. The van der Waals surface area contributed by atoms with Crippen molar-refractivity contribution in [3.63, 3.8) is 0 Å². The minimum absolute atomic E-state index is 0.0578. The van der Waals surface area contributed by atoms with Gasteiger partial charge in [-0.2, -0.15) is 0 Å². The lowest BCUT2D eigenvalue weighted by Gasteiger charge is -2.27. The number of hydrogen-bond donors (Lipinski definition) is 1. The highest BCUT2D eigenvalue weighted by Crippen LogP contribution is 2.20. The van der Waals surface area contributed by atoms with Gasteiger partial charge in [-0.25, -0.2) is 0 Å². The molecule has 1 fully saturated rings. The molecule has 17 heavy (non-hydrogen) atoms. The van der Waals surface area contributed by atoms with Gasteiger partial charge in [0.2, 0.25) is 0 Å². The average Bonchev–Trinajstić information content (AvgIpc) is 2.26. The molecule has 0 amide bonds. The summed E-state index contributed by atoms with van der Waals surface area (Å²) in [5.41, 5.74) is 5.88. The highest BCUT2D eigenvalue weighted by atomic mass is 16.5. The second-order valence-electron chi connectivity index (χ2n) is 5.92. The van der Waals surface area contributed by atoms with Gasteiger partial charge in [-0.05, 0) is 24.2 Å². The maximum absolute atomic E-state index is 11.6. The monoisotopic (exact) mass is 243 g/mol. The predicted octanol–water partition coefficient (Wildman–Crippen LogP) is 1.72. The Hall–Kier alpha value is -0.610. The molecular formula is C13H25NO3. The molecule has 1 saturated heterocycles. The first-order valence-electron chi connectivity index (χ1n) is 6.38. The molecule has 1 aliphatic heterocycles. The zero-order valence-corrected chi connectivity index (χ0v) is 11.2. The molecule has 0 aromatic rings. The second-order valence-corrected chi connectivity index (χ2v) is 5.92. The lowest BCUT2D eigenvalue weighted by molar-refractivity contribution is -0.147. The fourth-order valence-corrected chi connectivity index (χ4v) is 1.67. The van der Waals surface area contributed by atoms with Gasteiger partial charge in [0.1, 0.15) is 0 Å². The molecule has 0 aromatic carbocycles. The van der Waals surface area contributed by atoms with E-state index in [-0.39, 0.29) is 17.4 Å². The maximum atomic E-state index is 11.6. The summed E-state index contributed by atoms with van der Waals surface area (Å²) in [5, 5.41) is 0. The summed E-state index contributed by atoms with van der Waals surface area (Å²) in [6, 6.07) is -0.148. The molecule has 1 unspecified atom stereocenters. The van der Waals surface area contributed by atoms with Crippen molar-refractivity contribution in [2.45, 2.75) is 46.1 Å². The van der Waals surface area contributed by atoms with Crippen LogP contribution < -0.4 is 5.73 Å². The van der Waals surface area contributed by atoms with Gasteiger partial charge in [0.15, 0.2) is 0 Å². The van der Waals surface area contributed by atoms with Gasteiger partial charge in [0.25, 0.3) is 0 Å². The molecule has 0 radical (unpaired) electrons. The Morgan fingerprint density at radius 2 is 2.00 bits per heavy atom. The third kappa shape index (κ3) is 5.50. The molecule has 1 atom stereocenters. The van der Waals surface area contributed by atoms with Crippen LogP contribution in [0.3, 0.4) is 0 Å². The molecule has 4 heteroatoms. The summed E-state index contributed by atoms with van der Waals surface area (Å²) < 4.78 is 10.5. The van der Waals surface area contributed by atoms with Crippen molar-refractivity contribution in [2.24, 2.45) is 17.1 Å². The third-order valence-corrected chi connectivity index (χ3v) is 3.32. The Bertz CT molecular complexity index is 242. The quantitative estimate of drug-likeness (QED) is 0.764. The molecule has 0 bridgehead atoms. The van der Waals surface area contributed by atoms with Gasteiger partial charge in [0.05, 0.1) is 13.0 Å². The van der Waals surface area contributed by atoms with Crippen LogP contribution in [-0.4, -0.2) is 31.8 Å². The number of hydrogen-bond acceptors (Lipinski definition) is 4. The second kappa shape index (κ2) is 6.36. The van der Waals surface area contributed by atoms with Crippen molar-refractivity contribution >= 4 is 5.97 Å². The summed E-state index contributed by atoms with van der Waals surface area (Å²) in [6.45, 7) is 8.17. The Morgan fingerprint density at radius 3 is 2.53 bits per heavy atom. The van der Waals surface area contributed by atoms with E-state index in [1.807, 2.05) is 20.8 Å². The maximum Gasteiger partial charge on any atom is 0.307 e. The zero-order chi connectivity index (χ0) is 12.9. The predicted molar refractivity (Wildman–Crippen MR) is 66.5 cm³/mol. The van der Waals surface area contributed by atoms with E-state index in [0.29, 0.717) is 18.9 Å². The summed E-state index contributed by atoms with van der Waals surface area (Å²) >= 11 is 0. The lowest BCUT2D eigenvalue weighted by Crippen LogP contribution is -2.37. The van der Waals surface area contributed by atoms with Crippen LogP contribution in [0.2, 0.25) is 0 Å². The Labute approximate surface area is 104 Å². The summed E-state index contributed by atoms with van der Waals surface area (Å²) in [5.74, 6) is 0.275. The first kappa shape index (κ1) is 14.5. The van der Waals surface area contributed by atoms with E-state index in [9.17, 15) is 4.79 Å². The molecule has 100 valence electrons. The molecule has 0 spiro atoms. The molecule has 0 aromatic heterocycles. The van der Waals surface area contributed by atoms with Crippen LogP contribution >= 0.6 is 0 Å². The SMILES string of the molecule is CC(C)(C)C(N)CC(=O)OCC1CCOCC1. The minimum atomic E-state index is -0.182. The summed E-state index contributed by atoms with van der Waals surface area (Å²) in [6.07, 6.45) is 2.27. The third-order valence-electron chi connectivity index (χ3n) is 3.32. The van der Waals surface area contributed by atoms with Crippen LogP contribution in [0.1, 0.15) is 40.0 Å². The van der Waals surface area contributed by atoms with Gasteiger partial charge in [-0.1, -0.05) is 20.8 Å². The zero-order valence-electron chi connectivity index (χ0n) is 11.2. The minimum Gasteiger partial charge on any atom is -0.465 e. The molecule has 4 nitrogen and oxygen atoms in total. The number of ether oxygens (including phenoxy) is 2. The van der Waals surface area contributed by atoms with Crippen LogP contribution in [0.25, 0.3) is 0 Å².